The average molecular weight is 212 g/mol. The maximum atomic E-state index is 11.7. The molecule has 1 fully saturated rings. The third kappa shape index (κ3) is 3.04. The highest BCUT2D eigenvalue weighted by atomic mass is 16.3. The summed E-state index contributed by atoms with van der Waals surface area (Å²) >= 11 is 0. The Morgan fingerprint density at radius 3 is 2.47 bits per heavy atom. The Hall–Kier alpha value is -0.870. The predicted molar refractivity (Wildman–Crippen MR) is 59.4 cm³/mol. The fourth-order valence-electron chi connectivity index (χ4n) is 1.38. The summed E-state index contributed by atoms with van der Waals surface area (Å²) in [7, 11) is 0. The number of aliphatic hydroxyl groups is 1. The first-order chi connectivity index (χ1) is 7.06. The van der Waals surface area contributed by atoms with E-state index in [1.54, 1.807) is 0 Å². The molecule has 3 N–H and O–H groups in total. The molecular formula is C11H20N2O2. The molecule has 0 aromatic heterocycles. The third-order valence-corrected chi connectivity index (χ3v) is 2.87. The molecule has 86 valence electrons. The lowest BCUT2D eigenvalue weighted by Crippen LogP contribution is -2.43. The van der Waals surface area contributed by atoms with Crippen LogP contribution in [0.25, 0.3) is 0 Å². The number of hydrogen-bond donors (Lipinski definition) is 3. The molecule has 0 aromatic rings. The van der Waals surface area contributed by atoms with Crippen molar-refractivity contribution in [3.8, 4) is 0 Å². The maximum absolute atomic E-state index is 11.7. The standard InChI is InChI=1S/C11H20N2O2/c1-7(2)10(6-14)13-11(15)8(3)9-4-12-5-9/h7,10,12,14H,4-6H2,1-3H3,(H,13,15)/t10-/m1/s1. The molecule has 15 heavy (non-hydrogen) atoms. The van der Waals surface area contributed by atoms with E-state index in [-0.39, 0.29) is 24.5 Å². The molecule has 1 aliphatic heterocycles. The van der Waals surface area contributed by atoms with Gasteiger partial charge < -0.3 is 15.7 Å². The summed E-state index contributed by atoms with van der Waals surface area (Å²) in [5.41, 5.74) is 1.95. The van der Waals surface area contributed by atoms with Crippen molar-refractivity contribution in [2.24, 2.45) is 5.92 Å². The number of hydrogen-bond acceptors (Lipinski definition) is 3. The molecule has 4 heteroatoms. The van der Waals surface area contributed by atoms with Gasteiger partial charge in [-0.25, -0.2) is 0 Å². The Balaban J connectivity index is 2.54. The SMILES string of the molecule is CC(C(=O)N[C@H](CO)C(C)C)=C1CNC1. The normalized spacial score (nSPS) is 17.3. The molecule has 0 aliphatic carbocycles. The van der Waals surface area contributed by atoms with Gasteiger partial charge in [0, 0.05) is 18.7 Å². The van der Waals surface area contributed by atoms with Crippen LogP contribution in [0.1, 0.15) is 20.8 Å². The lowest BCUT2D eigenvalue weighted by Gasteiger charge is -2.24. The molecule has 1 aliphatic rings. The highest BCUT2D eigenvalue weighted by Gasteiger charge is 2.19. The molecule has 0 unspecified atom stereocenters. The van der Waals surface area contributed by atoms with Crippen LogP contribution in [-0.4, -0.2) is 36.8 Å². The third-order valence-electron chi connectivity index (χ3n) is 2.87. The van der Waals surface area contributed by atoms with Crippen molar-refractivity contribution in [3.63, 3.8) is 0 Å². The van der Waals surface area contributed by atoms with E-state index in [0.717, 1.165) is 24.2 Å². The monoisotopic (exact) mass is 212 g/mol. The van der Waals surface area contributed by atoms with Crippen molar-refractivity contribution in [1.29, 1.82) is 0 Å². The van der Waals surface area contributed by atoms with E-state index in [2.05, 4.69) is 10.6 Å². The quantitative estimate of drug-likeness (QED) is 0.577. The van der Waals surface area contributed by atoms with Crippen LogP contribution in [-0.2, 0) is 4.79 Å². The second kappa shape index (κ2) is 5.28. The topological polar surface area (TPSA) is 61.4 Å². The van der Waals surface area contributed by atoms with E-state index in [0.29, 0.717) is 0 Å². The minimum Gasteiger partial charge on any atom is -0.394 e. The number of amides is 1. The van der Waals surface area contributed by atoms with Crippen LogP contribution in [0.4, 0.5) is 0 Å². The summed E-state index contributed by atoms with van der Waals surface area (Å²) in [6.45, 7) is 7.41. The van der Waals surface area contributed by atoms with Gasteiger partial charge in [0.15, 0.2) is 0 Å². The van der Waals surface area contributed by atoms with Gasteiger partial charge in [0.25, 0.3) is 0 Å². The van der Waals surface area contributed by atoms with Gasteiger partial charge >= 0.3 is 0 Å². The van der Waals surface area contributed by atoms with Crippen LogP contribution >= 0.6 is 0 Å². The van der Waals surface area contributed by atoms with E-state index in [1.165, 1.54) is 0 Å². The smallest absolute Gasteiger partial charge is 0.247 e. The van der Waals surface area contributed by atoms with Gasteiger partial charge in [-0.3, -0.25) is 4.79 Å². The van der Waals surface area contributed by atoms with Gasteiger partial charge in [-0.15, -0.1) is 0 Å². The van der Waals surface area contributed by atoms with Crippen LogP contribution in [0.15, 0.2) is 11.1 Å². The summed E-state index contributed by atoms with van der Waals surface area (Å²) in [6.07, 6.45) is 0. The number of aliphatic hydroxyl groups excluding tert-OH is 1. The minimum atomic E-state index is -0.152. The van der Waals surface area contributed by atoms with E-state index in [1.807, 2.05) is 20.8 Å². The summed E-state index contributed by atoms with van der Waals surface area (Å²) in [4.78, 5) is 11.7. The Labute approximate surface area is 90.7 Å². The Kier molecular flexibility index (Phi) is 4.29. The van der Waals surface area contributed by atoms with Crippen molar-refractivity contribution < 1.29 is 9.90 Å². The predicted octanol–water partition coefficient (Wildman–Crippen LogP) is 0.0392. The zero-order valence-corrected chi connectivity index (χ0v) is 9.63. The summed E-state index contributed by atoms with van der Waals surface area (Å²) in [6, 6.07) is -0.152. The highest BCUT2D eigenvalue weighted by molar-refractivity contribution is 5.94. The van der Waals surface area contributed by atoms with Gasteiger partial charge in [-0.05, 0) is 18.4 Å². The lowest BCUT2D eigenvalue weighted by molar-refractivity contribution is -0.118. The largest absolute Gasteiger partial charge is 0.394 e. The van der Waals surface area contributed by atoms with Crippen molar-refractivity contribution in [2.45, 2.75) is 26.8 Å². The molecule has 4 nitrogen and oxygen atoms in total. The first kappa shape index (κ1) is 12.2. The Morgan fingerprint density at radius 1 is 1.53 bits per heavy atom. The van der Waals surface area contributed by atoms with Crippen LogP contribution in [0.2, 0.25) is 0 Å². The molecule has 0 bridgehead atoms. The molecule has 1 heterocycles. The van der Waals surface area contributed by atoms with E-state index in [9.17, 15) is 4.79 Å². The lowest BCUT2D eigenvalue weighted by atomic mass is 10.0. The zero-order chi connectivity index (χ0) is 11.4. The highest BCUT2D eigenvalue weighted by Crippen LogP contribution is 2.10. The summed E-state index contributed by atoms with van der Waals surface area (Å²) < 4.78 is 0. The van der Waals surface area contributed by atoms with E-state index < -0.39 is 0 Å². The van der Waals surface area contributed by atoms with Crippen LogP contribution in [0.5, 0.6) is 0 Å². The first-order valence-corrected chi connectivity index (χ1v) is 5.37. The molecule has 1 saturated heterocycles. The van der Waals surface area contributed by atoms with Crippen molar-refractivity contribution in [3.05, 3.63) is 11.1 Å². The summed E-state index contributed by atoms with van der Waals surface area (Å²) in [5, 5.41) is 15.0. The van der Waals surface area contributed by atoms with Gasteiger partial charge in [-0.1, -0.05) is 13.8 Å². The molecule has 0 radical (unpaired) electrons. The second-order valence-corrected chi connectivity index (χ2v) is 4.34. The van der Waals surface area contributed by atoms with Crippen LogP contribution in [0, 0.1) is 5.92 Å². The van der Waals surface area contributed by atoms with Crippen molar-refractivity contribution in [1.82, 2.24) is 10.6 Å². The molecular weight excluding hydrogens is 192 g/mol. The maximum Gasteiger partial charge on any atom is 0.247 e. The number of carbonyl (C=O) groups is 1. The fourth-order valence-corrected chi connectivity index (χ4v) is 1.38. The molecule has 1 rings (SSSR count). The van der Waals surface area contributed by atoms with Gasteiger partial charge in [0.2, 0.25) is 5.91 Å². The second-order valence-electron chi connectivity index (χ2n) is 4.34. The van der Waals surface area contributed by atoms with Crippen LogP contribution < -0.4 is 10.6 Å². The zero-order valence-electron chi connectivity index (χ0n) is 9.63. The molecule has 0 spiro atoms. The number of rotatable bonds is 4. The van der Waals surface area contributed by atoms with Crippen LogP contribution in [0.3, 0.4) is 0 Å². The van der Waals surface area contributed by atoms with E-state index >= 15 is 0 Å². The van der Waals surface area contributed by atoms with Gasteiger partial charge in [-0.2, -0.15) is 0 Å². The summed E-state index contributed by atoms with van der Waals surface area (Å²) in [5.74, 6) is 0.190. The van der Waals surface area contributed by atoms with Gasteiger partial charge in [0.05, 0.1) is 12.6 Å². The van der Waals surface area contributed by atoms with Crippen molar-refractivity contribution >= 4 is 5.91 Å². The van der Waals surface area contributed by atoms with E-state index in [4.69, 9.17) is 5.11 Å². The molecule has 0 aromatic carbocycles. The minimum absolute atomic E-state index is 0.00965. The van der Waals surface area contributed by atoms with Gasteiger partial charge in [0.1, 0.15) is 0 Å². The number of nitrogens with one attached hydrogen (secondary N) is 2. The van der Waals surface area contributed by atoms with Crippen molar-refractivity contribution in [2.75, 3.05) is 19.7 Å². The fraction of sp³-hybridized carbons (Fsp3) is 0.727. The Bertz CT molecular complexity index is 266. The molecule has 0 saturated carbocycles. The number of carbonyl (C=O) groups excluding carboxylic acids is 1. The Morgan fingerprint density at radius 2 is 2.13 bits per heavy atom. The molecule has 1 atom stereocenters. The first-order valence-electron chi connectivity index (χ1n) is 5.37. The molecule has 1 amide bonds. The average Bonchev–Trinajstić information content (AvgIpc) is 2.10.